The molecule has 0 saturated heterocycles. The van der Waals surface area contributed by atoms with Crippen LogP contribution in [-0.2, 0) is 0 Å². The third kappa shape index (κ3) is 4.27. The lowest BCUT2D eigenvalue weighted by Gasteiger charge is -2.22. The van der Waals surface area contributed by atoms with Crippen molar-refractivity contribution in [3.8, 4) is 33.4 Å². The van der Waals surface area contributed by atoms with Gasteiger partial charge in [-0.3, -0.25) is 0 Å². The van der Waals surface area contributed by atoms with Gasteiger partial charge in [0.05, 0.1) is 0 Å². The van der Waals surface area contributed by atoms with E-state index in [9.17, 15) is 0 Å². The highest BCUT2D eigenvalue weighted by Gasteiger charge is 2.19. The highest BCUT2D eigenvalue weighted by Crippen LogP contribution is 2.44. The van der Waals surface area contributed by atoms with Crippen molar-refractivity contribution >= 4 is 11.4 Å². The largest absolute Gasteiger partial charge is 0.399 e. The maximum absolute atomic E-state index is 6.03. The van der Waals surface area contributed by atoms with Crippen LogP contribution in [0.15, 0.2) is 84.9 Å². The van der Waals surface area contributed by atoms with Crippen LogP contribution < -0.4 is 11.5 Å². The maximum atomic E-state index is 6.03. The summed E-state index contributed by atoms with van der Waals surface area (Å²) < 4.78 is 0. The summed E-state index contributed by atoms with van der Waals surface area (Å²) in [4.78, 5) is 0. The number of nitrogens with two attached hydrogens (primary N) is 2. The van der Waals surface area contributed by atoms with Crippen molar-refractivity contribution in [3.05, 3.63) is 96.1 Å². The zero-order valence-electron chi connectivity index (χ0n) is 19.4. The average molecular weight is 421 g/mol. The minimum Gasteiger partial charge on any atom is -0.399 e. The number of hydrogen-bond donors (Lipinski definition) is 2. The second-order valence-corrected chi connectivity index (χ2v) is 9.13. The highest BCUT2D eigenvalue weighted by atomic mass is 14.5. The molecule has 2 nitrogen and oxygen atoms in total. The molecule has 2 heteroatoms. The van der Waals surface area contributed by atoms with E-state index >= 15 is 0 Å². The van der Waals surface area contributed by atoms with Crippen molar-refractivity contribution in [1.82, 2.24) is 0 Å². The molecule has 162 valence electrons. The molecule has 0 atom stereocenters. The van der Waals surface area contributed by atoms with Crippen molar-refractivity contribution in [1.29, 1.82) is 0 Å². The van der Waals surface area contributed by atoms with Gasteiger partial charge in [-0.2, -0.15) is 0 Å². The maximum Gasteiger partial charge on any atom is 0.0314 e. The molecule has 0 heterocycles. The van der Waals surface area contributed by atoms with Crippen LogP contribution in [0, 0.1) is 0 Å². The molecule has 0 aliphatic heterocycles. The van der Waals surface area contributed by atoms with Crippen molar-refractivity contribution in [2.45, 2.75) is 39.5 Å². The van der Waals surface area contributed by atoms with Gasteiger partial charge in [0.2, 0.25) is 0 Å². The first-order chi connectivity index (χ1) is 15.3. The Kier molecular flexibility index (Phi) is 6.05. The third-order valence-electron chi connectivity index (χ3n) is 6.15. The molecule has 0 aliphatic carbocycles. The number of anilines is 2. The van der Waals surface area contributed by atoms with Crippen LogP contribution in [0.2, 0.25) is 0 Å². The Hall–Kier alpha value is -3.52. The Morgan fingerprint density at radius 1 is 0.469 bits per heavy atom. The van der Waals surface area contributed by atoms with E-state index in [4.69, 9.17) is 11.5 Å². The van der Waals surface area contributed by atoms with Gasteiger partial charge >= 0.3 is 0 Å². The molecule has 0 fully saturated rings. The van der Waals surface area contributed by atoms with Crippen LogP contribution in [0.4, 0.5) is 11.4 Å². The van der Waals surface area contributed by atoms with Gasteiger partial charge in [-0.05, 0) is 80.6 Å². The lowest BCUT2D eigenvalue weighted by atomic mass is 9.81. The summed E-state index contributed by atoms with van der Waals surface area (Å²) in [6.45, 7) is 8.96. The van der Waals surface area contributed by atoms with Crippen LogP contribution in [0.3, 0.4) is 0 Å². The molecule has 0 spiro atoms. The summed E-state index contributed by atoms with van der Waals surface area (Å²) >= 11 is 0. The van der Waals surface area contributed by atoms with Gasteiger partial charge in [0, 0.05) is 11.4 Å². The molecular weight excluding hydrogens is 388 g/mol. The summed E-state index contributed by atoms with van der Waals surface area (Å²) in [5.74, 6) is 0.890. The number of benzene rings is 4. The van der Waals surface area contributed by atoms with Crippen molar-refractivity contribution in [2.24, 2.45) is 0 Å². The molecule has 32 heavy (non-hydrogen) atoms. The molecule has 0 saturated carbocycles. The molecule has 0 aliphatic rings. The van der Waals surface area contributed by atoms with Crippen LogP contribution in [0.1, 0.15) is 50.7 Å². The quantitative estimate of drug-likeness (QED) is 0.320. The summed E-state index contributed by atoms with van der Waals surface area (Å²) in [6, 6.07) is 30.0. The van der Waals surface area contributed by atoms with Gasteiger partial charge in [0.25, 0.3) is 0 Å². The molecule has 4 aromatic rings. The Morgan fingerprint density at radius 3 is 1.41 bits per heavy atom. The Bertz CT molecular complexity index is 1200. The topological polar surface area (TPSA) is 52.0 Å². The van der Waals surface area contributed by atoms with Gasteiger partial charge in [-0.1, -0.05) is 88.4 Å². The van der Waals surface area contributed by atoms with Gasteiger partial charge in [-0.25, -0.2) is 0 Å². The third-order valence-corrected chi connectivity index (χ3v) is 6.15. The SMILES string of the molecule is CC(C)c1ccc(-c2ccc(C(C)C)c(-c3ccc(N)cc3)c2-c2ccc(N)cc2)cc1. The molecule has 0 aromatic heterocycles. The number of hydrogen-bond acceptors (Lipinski definition) is 2. The zero-order valence-corrected chi connectivity index (χ0v) is 19.4. The van der Waals surface area contributed by atoms with Crippen LogP contribution >= 0.6 is 0 Å². The Morgan fingerprint density at radius 2 is 0.938 bits per heavy atom. The fourth-order valence-electron chi connectivity index (χ4n) is 4.30. The lowest BCUT2D eigenvalue weighted by molar-refractivity contribution is 0.866. The first kappa shape index (κ1) is 21.7. The van der Waals surface area contributed by atoms with Gasteiger partial charge in [-0.15, -0.1) is 0 Å². The summed E-state index contributed by atoms with van der Waals surface area (Å²) in [5.41, 5.74) is 23.5. The first-order valence-corrected chi connectivity index (χ1v) is 11.3. The van der Waals surface area contributed by atoms with Crippen molar-refractivity contribution in [2.75, 3.05) is 11.5 Å². The van der Waals surface area contributed by atoms with Gasteiger partial charge in [0.1, 0.15) is 0 Å². The van der Waals surface area contributed by atoms with Gasteiger partial charge < -0.3 is 11.5 Å². The fourth-order valence-corrected chi connectivity index (χ4v) is 4.30. The molecule has 0 radical (unpaired) electrons. The van der Waals surface area contributed by atoms with E-state index in [0.717, 1.165) is 16.9 Å². The monoisotopic (exact) mass is 420 g/mol. The molecule has 0 bridgehead atoms. The molecule has 0 unspecified atom stereocenters. The van der Waals surface area contributed by atoms with E-state index < -0.39 is 0 Å². The Labute approximate surface area is 191 Å². The Balaban J connectivity index is 2.04. The second kappa shape index (κ2) is 8.92. The standard InChI is InChI=1S/C30H32N2/c1-19(2)21-5-7-22(8-6-21)28-18-17-27(20(3)4)29(23-9-13-25(31)14-10-23)30(28)24-11-15-26(32)16-12-24/h5-20H,31-32H2,1-4H3. The minimum atomic E-state index is 0.382. The zero-order chi connectivity index (χ0) is 22.8. The van der Waals surface area contributed by atoms with E-state index in [-0.39, 0.29) is 0 Å². The summed E-state index contributed by atoms with van der Waals surface area (Å²) in [5, 5.41) is 0. The molecule has 4 rings (SSSR count). The van der Waals surface area contributed by atoms with Gasteiger partial charge in [0.15, 0.2) is 0 Å². The summed E-state index contributed by atoms with van der Waals surface area (Å²) in [7, 11) is 0. The van der Waals surface area contributed by atoms with E-state index in [2.05, 4.69) is 88.4 Å². The fraction of sp³-hybridized carbons (Fsp3) is 0.200. The van der Waals surface area contributed by atoms with Crippen LogP contribution in [0.5, 0.6) is 0 Å². The number of rotatable bonds is 5. The molecule has 0 amide bonds. The summed E-state index contributed by atoms with van der Waals surface area (Å²) in [6.07, 6.45) is 0. The normalized spacial score (nSPS) is 11.3. The molecule has 4 N–H and O–H groups in total. The predicted molar refractivity (Wildman–Crippen MR) is 140 cm³/mol. The van der Waals surface area contributed by atoms with E-state index in [1.165, 1.54) is 38.9 Å². The minimum absolute atomic E-state index is 0.382. The highest BCUT2D eigenvalue weighted by molar-refractivity contribution is 5.96. The van der Waals surface area contributed by atoms with Crippen LogP contribution in [-0.4, -0.2) is 0 Å². The average Bonchev–Trinajstić information content (AvgIpc) is 2.79. The van der Waals surface area contributed by atoms with E-state index in [1.807, 2.05) is 24.3 Å². The lowest BCUT2D eigenvalue weighted by Crippen LogP contribution is -1.99. The van der Waals surface area contributed by atoms with E-state index in [1.54, 1.807) is 0 Å². The second-order valence-electron chi connectivity index (χ2n) is 9.13. The predicted octanol–water partition coefficient (Wildman–Crippen LogP) is 8.10. The van der Waals surface area contributed by atoms with Crippen LogP contribution in [0.25, 0.3) is 33.4 Å². The molecular formula is C30H32N2. The smallest absolute Gasteiger partial charge is 0.0314 e. The van der Waals surface area contributed by atoms with Crippen molar-refractivity contribution in [3.63, 3.8) is 0 Å². The molecule has 4 aromatic carbocycles. The number of nitrogen functional groups attached to an aromatic ring is 2. The van der Waals surface area contributed by atoms with E-state index in [0.29, 0.717) is 11.8 Å². The van der Waals surface area contributed by atoms with Crippen molar-refractivity contribution < 1.29 is 0 Å². The first-order valence-electron chi connectivity index (χ1n) is 11.3.